The Bertz CT molecular complexity index is 533. The van der Waals surface area contributed by atoms with Crippen LogP contribution in [0.25, 0.3) is 0 Å². The maximum Gasteiger partial charge on any atom is 0.363 e. The number of ether oxygens (including phenoxy) is 2. The summed E-state index contributed by atoms with van der Waals surface area (Å²) in [5, 5.41) is 0.517. The van der Waals surface area contributed by atoms with E-state index in [0.29, 0.717) is 5.06 Å². The predicted molar refractivity (Wildman–Crippen MR) is 69.7 cm³/mol. The lowest BCUT2D eigenvalue weighted by Gasteiger charge is -2.15. The fraction of sp³-hybridized carbons (Fsp3) is 0.357. The molecule has 1 fully saturated rings. The summed E-state index contributed by atoms with van der Waals surface area (Å²) >= 11 is 0. The number of amides is 2. The summed E-state index contributed by atoms with van der Waals surface area (Å²) in [6, 6.07) is 6.30. The summed E-state index contributed by atoms with van der Waals surface area (Å²) in [6.45, 7) is 0. The molecule has 1 saturated heterocycles. The molecule has 7 heteroatoms. The fourth-order valence-corrected chi connectivity index (χ4v) is 1.94. The van der Waals surface area contributed by atoms with Gasteiger partial charge in [0.1, 0.15) is 0 Å². The second-order valence-electron chi connectivity index (χ2n) is 4.39. The molecule has 0 unspecified atom stereocenters. The number of carbonyl (C=O) groups is 3. The van der Waals surface area contributed by atoms with Crippen LogP contribution in [-0.2, 0) is 23.9 Å². The van der Waals surface area contributed by atoms with Gasteiger partial charge in [-0.05, 0) is 12.1 Å². The molecule has 2 rings (SSSR count). The van der Waals surface area contributed by atoms with Crippen LogP contribution in [0.1, 0.15) is 35.1 Å². The van der Waals surface area contributed by atoms with Gasteiger partial charge in [-0.25, -0.2) is 4.79 Å². The van der Waals surface area contributed by atoms with Crippen molar-refractivity contribution in [2.24, 2.45) is 0 Å². The first kappa shape index (κ1) is 15.1. The van der Waals surface area contributed by atoms with E-state index in [0.717, 1.165) is 5.56 Å². The Balaban J connectivity index is 2.06. The second-order valence-corrected chi connectivity index (χ2v) is 4.39. The molecule has 0 atom stereocenters. The second kappa shape index (κ2) is 6.47. The monoisotopic (exact) mass is 293 g/mol. The summed E-state index contributed by atoms with van der Waals surface area (Å²) in [7, 11) is 3.00. The average Bonchev–Trinajstić information content (AvgIpc) is 2.81. The van der Waals surface area contributed by atoms with Crippen LogP contribution >= 0.6 is 0 Å². The van der Waals surface area contributed by atoms with E-state index in [2.05, 4.69) is 0 Å². The van der Waals surface area contributed by atoms with Crippen molar-refractivity contribution in [3.63, 3.8) is 0 Å². The number of methoxy groups -OCH3 is 2. The molecule has 1 aliphatic rings. The molecule has 0 N–H and O–H groups in total. The van der Waals surface area contributed by atoms with E-state index in [1.807, 2.05) is 0 Å². The minimum Gasteiger partial charge on any atom is -0.352 e. The van der Waals surface area contributed by atoms with E-state index < -0.39 is 24.1 Å². The summed E-state index contributed by atoms with van der Waals surface area (Å²) in [5.41, 5.74) is 0.946. The molecule has 0 aliphatic carbocycles. The van der Waals surface area contributed by atoms with Crippen molar-refractivity contribution in [1.29, 1.82) is 0 Å². The van der Waals surface area contributed by atoms with Crippen molar-refractivity contribution in [2.75, 3.05) is 14.2 Å². The molecule has 0 spiro atoms. The minimum absolute atomic E-state index is 0.0639. The van der Waals surface area contributed by atoms with Crippen LogP contribution in [0.4, 0.5) is 0 Å². The molecular formula is C14H15NO6. The van der Waals surface area contributed by atoms with Crippen LogP contribution < -0.4 is 0 Å². The Morgan fingerprint density at radius 2 is 1.57 bits per heavy atom. The number of hydroxylamine groups is 2. The van der Waals surface area contributed by atoms with E-state index in [4.69, 9.17) is 14.3 Å². The van der Waals surface area contributed by atoms with Crippen LogP contribution in [-0.4, -0.2) is 37.1 Å². The molecule has 7 nitrogen and oxygen atoms in total. The van der Waals surface area contributed by atoms with Gasteiger partial charge < -0.3 is 14.3 Å². The van der Waals surface area contributed by atoms with Gasteiger partial charge in [0.25, 0.3) is 11.8 Å². The Labute approximate surface area is 121 Å². The van der Waals surface area contributed by atoms with Crippen molar-refractivity contribution in [1.82, 2.24) is 5.06 Å². The molecule has 112 valence electrons. The SMILES string of the molecule is COC(OC)c1ccc(C(=O)ON2C(=O)CCC2=O)cc1. The normalized spacial score (nSPS) is 14.9. The molecule has 0 radical (unpaired) electrons. The molecule has 0 aromatic heterocycles. The van der Waals surface area contributed by atoms with Crippen molar-refractivity contribution in [2.45, 2.75) is 19.1 Å². The van der Waals surface area contributed by atoms with Crippen LogP contribution in [0.2, 0.25) is 0 Å². The van der Waals surface area contributed by atoms with Crippen molar-refractivity contribution >= 4 is 17.8 Å². The van der Waals surface area contributed by atoms with Gasteiger partial charge in [-0.15, -0.1) is 5.06 Å². The van der Waals surface area contributed by atoms with Crippen molar-refractivity contribution in [3.8, 4) is 0 Å². The topological polar surface area (TPSA) is 82.1 Å². The Morgan fingerprint density at radius 3 is 2.05 bits per heavy atom. The molecule has 1 aromatic rings. The number of carbonyl (C=O) groups excluding carboxylic acids is 3. The van der Waals surface area contributed by atoms with E-state index >= 15 is 0 Å². The Morgan fingerprint density at radius 1 is 1.05 bits per heavy atom. The summed E-state index contributed by atoms with van der Waals surface area (Å²) in [6.07, 6.45) is -0.403. The van der Waals surface area contributed by atoms with Gasteiger partial charge in [-0.1, -0.05) is 12.1 Å². The van der Waals surface area contributed by atoms with Crippen LogP contribution in [0, 0.1) is 0 Å². The van der Waals surface area contributed by atoms with Crippen molar-refractivity contribution in [3.05, 3.63) is 35.4 Å². The van der Waals surface area contributed by atoms with E-state index in [9.17, 15) is 14.4 Å². The molecule has 0 saturated carbocycles. The third kappa shape index (κ3) is 3.26. The third-order valence-corrected chi connectivity index (χ3v) is 3.03. The summed E-state index contributed by atoms with van der Waals surface area (Å²) in [5.74, 6) is -1.79. The highest BCUT2D eigenvalue weighted by molar-refractivity contribution is 6.02. The lowest BCUT2D eigenvalue weighted by molar-refractivity contribution is -0.172. The summed E-state index contributed by atoms with van der Waals surface area (Å²) < 4.78 is 10.2. The molecule has 0 bridgehead atoms. The highest BCUT2D eigenvalue weighted by Gasteiger charge is 2.33. The Hall–Kier alpha value is -2.25. The number of imide groups is 1. The van der Waals surface area contributed by atoms with Gasteiger partial charge in [-0.2, -0.15) is 0 Å². The molecule has 2 amide bonds. The zero-order valence-electron chi connectivity index (χ0n) is 11.7. The van der Waals surface area contributed by atoms with Gasteiger partial charge in [0.15, 0.2) is 6.29 Å². The maximum absolute atomic E-state index is 11.9. The van der Waals surface area contributed by atoms with Crippen LogP contribution in [0.3, 0.4) is 0 Å². The van der Waals surface area contributed by atoms with Crippen LogP contribution in [0.15, 0.2) is 24.3 Å². The minimum atomic E-state index is -0.767. The Kier molecular flexibility index (Phi) is 4.66. The maximum atomic E-state index is 11.9. The van der Waals surface area contributed by atoms with E-state index in [-0.39, 0.29) is 18.4 Å². The largest absolute Gasteiger partial charge is 0.363 e. The highest BCUT2D eigenvalue weighted by atomic mass is 16.7. The van der Waals surface area contributed by atoms with E-state index in [1.54, 1.807) is 12.1 Å². The molecule has 21 heavy (non-hydrogen) atoms. The number of rotatable bonds is 5. The first-order chi connectivity index (χ1) is 10.1. The average molecular weight is 293 g/mol. The zero-order valence-corrected chi connectivity index (χ0v) is 11.7. The lowest BCUT2D eigenvalue weighted by Crippen LogP contribution is -2.32. The number of hydrogen-bond acceptors (Lipinski definition) is 6. The molecule has 1 aromatic carbocycles. The van der Waals surface area contributed by atoms with Crippen molar-refractivity contribution < 1.29 is 28.7 Å². The van der Waals surface area contributed by atoms with Gasteiger partial charge in [0, 0.05) is 32.6 Å². The van der Waals surface area contributed by atoms with Gasteiger partial charge in [0.2, 0.25) is 0 Å². The summed E-state index contributed by atoms with van der Waals surface area (Å²) in [4.78, 5) is 39.4. The fourth-order valence-electron chi connectivity index (χ4n) is 1.94. The number of benzene rings is 1. The quantitative estimate of drug-likeness (QED) is 0.599. The zero-order chi connectivity index (χ0) is 15.4. The first-order valence-electron chi connectivity index (χ1n) is 6.30. The molecule has 1 heterocycles. The van der Waals surface area contributed by atoms with E-state index in [1.165, 1.54) is 26.4 Å². The number of nitrogens with zero attached hydrogens (tertiary/aromatic N) is 1. The number of hydrogen-bond donors (Lipinski definition) is 0. The predicted octanol–water partition coefficient (Wildman–Crippen LogP) is 1.20. The van der Waals surface area contributed by atoms with Gasteiger partial charge in [-0.3, -0.25) is 9.59 Å². The van der Waals surface area contributed by atoms with Gasteiger partial charge in [0.05, 0.1) is 5.56 Å². The highest BCUT2D eigenvalue weighted by Crippen LogP contribution is 2.19. The van der Waals surface area contributed by atoms with Gasteiger partial charge >= 0.3 is 5.97 Å². The third-order valence-electron chi connectivity index (χ3n) is 3.03. The lowest BCUT2D eigenvalue weighted by atomic mass is 10.1. The first-order valence-corrected chi connectivity index (χ1v) is 6.30. The standard InChI is InChI=1S/C14H15NO6/c1-19-14(20-2)10-5-3-9(4-6-10)13(18)21-15-11(16)7-8-12(15)17/h3-6,14H,7-8H2,1-2H3. The smallest absolute Gasteiger partial charge is 0.352 e. The van der Waals surface area contributed by atoms with Crippen LogP contribution in [0.5, 0.6) is 0 Å². The molecular weight excluding hydrogens is 278 g/mol. The molecule has 1 aliphatic heterocycles.